The quantitative estimate of drug-likeness (QED) is 0.482. The van der Waals surface area contributed by atoms with Gasteiger partial charge in [0.25, 0.3) is 15.9 Å². The summed E-state index contributed by atoms with van der Waals surface area (Å²) >= 11 is 0. The van der Waals surface area contributed by atoms with Gasteiger partial charge < -0.3 is 14.2 Å². The Kier molecular flexibility index (Phi) is 5.51. The van der Waals surface area contributed by atoms with Gasteiger partial charge in [-0.3, -0.25) is 9.52 Å². The summed E-state index contributed by atoms with van der Waals surface area (Å²) in [6, 6.07) is 24.9. The van der Waals surface area contributed by atoms with Gasteiger partial charge in [-0.1, -0.05) is 36.4 Å². The van der Waals surface area contributed by atoms with Crippen LogP contribution in [0.5, 0.6) is 0 Å². The minimum Gasteiger partial charge on any atom is -0.451 e. The van der Waals surface area contributed by atoms with Crippen LogP contribution in [0.15, 0.2) is 94.2 Å². The molecule has 2 heterocycles. The van der Waals surface area contributed by atoms with Crippen molar-refractivity contribution in [1.29, 1.82) is 0 Å². The van der Waals surface area contributed by atoms with E-state index in [1.165, 1.54) is 0 Å². The third-order valence-corrected chi connectivity index (χ3v) is 7.14. The fourth-order valence-electron chi connectivity index (χ4n) is 3.96. The van der Waals surface area contributed by atoms with E-state index in [1.54, 1.807) is 53.4 Å². The molecule has 0 unspecified atom stereocenters. The molecular formula is C25H23N3O4S. The van der Waals surface area contributed by atoms with E-state index in [1.807, 2.05) is 36.4 Å². The summed E-state index contributed by atoms with van der Waals surface area (Å²) < 4.78 is 33.3. The summed E-state index contributed by atoms with van der Waals surface area (Å²) in [5.41, 5.74) is 2.19. The Morgan fingerprint density at radius 3 is 2.18 bits per heavy atom. The maximum Gasteiger partial charge on any atom is 0.289 e. The average Bonchev–Trinajstić information content (AvgIpc) is 3.29. The lowest BCUT2D eigenvalue weighted by Crippen LogP contribution is -2.48. The van der Waals surface area contributed by atoms with Crippen LogP contribution < -0.4 is 9.62 Å². The van der Waals surface area contributed by atoms with Gasteiger partial charge in [0.15, 0.2) is 5.76 Å². The van der Waals surface area contributed by atoms with E-state index in [0.29, 0.717) is 43.2 Å². The van der Waals surface area contributed by atoms with Gasteiger partial charge in [0, 0.05) is 42.9 Å². The number of anilines is 2. The summed E-state index contributed by atoms with van der Waals surface area (Å²) in [6.45, 7) is 2.53. The molecule has 0 saturated carbocycles. The number of benzene rings is 3. The minimum absolute atomic E-state index is 0.100. The largest absolute Gasteiger partial charge is 0.451 e. The van der Waals surface area contributed by atoms with Gasteiger partial charge in [0.05, 0.1) is 4.90 Å². The second-order valence-corrected chi connectivity index (χ2v) is 9.58. The van der Waals surface area contributed by atoms with E-state index < -0.39 is 10.0 Å². The Morgan fingerprint density at radius 2 is 1.48 bits per heavy atom. The van der Waals surface area contributed by atoms with Crippen LogP contribution in [-0.2, 0) is 10.0 Å². The Balaban J connectivity index is 1.21. The lowest BCUT2D eigenvalue weighted by Gasteiger charge is -2.35. The molecular weight excluding hydrogens is 438 g/mol. The van der Waals surface area contributed by atoms with Crippen molar-refractivity contribution in [2.45, 2.75) is 4.90 Å². The maximum atomic E-state index is 12.9. The number of hydrogen-bond donors (Lipinski definition) is 1. The first-order valence-corrected chi connectivity index (χ1v) is 12.2. The molecule has 3 aromatic carbocycles. The van der Waals surface area contributed by atoms with Crippen molar-refractivity contribution in [2.75, 3.05) is 35.8 Å². The molecule has 1 aliphatic heterocycles. The molecule has 8 heteroatoms. The number of furan rings is 1. The minimum atomic E-state index is -3.62. The molecule has 1 aromatic heterocycles. The molecule has 1 saturated heterocycles. The normalized spacial score (nSPS) is 14.4. The molecule has 7 nitrogen and oxygen atoms in total. The van der Waals surface area contributed by atoms with Crippen LogP contribution in [0.1, 0.15) is 10.6 Å². The Bertz CT molecular complexity index is 1340. The van der Waals surface area contributed by atoms with Crippen LogP contribution in [0.25, 0.3) is 11.0 Å². The number of amides is 1. The fourth-order valence-corrected chi connectivity index (χ4v) is 5.04. The average molecular weight is 462 g/mol. The molecule has 1 fully saturated rings. The molecule has 1 amide bonds. The highest BCUT2D eigenvalue weighted by molar-refractivity contribution is 7.92. The highest BCUT2D eigenvalue weighted by atomic mass is 32.2. The second kappa shape index (κ2) is 8.63. The van der Waals surface area contributed by atoms with Gasteiger partial charge >= 0.3 is 0 Å². The molecule has 5 rings (SSSR count). The van der Waals surface area contributed by atoms with E-state index in [0.717, 1.165) is 11.1 Å². The summed E-state index contributed by atoms with van der Waals surface area (Å²) in [6.07, 6.45) is 0. The van der Waals surface area contributed by atoms with Gasteiger partial charge in [-0.2, -0.15) is 0 Å². The lowest BCUT2D eigenvalue weighted by molar-refractivity contribution is 0.0717. The highest BCUT2D eigenvalue weighted by Gasteiger charge is 2.25. The predicted octanol–water partition coefficient (Wildman–Crippen LogP) is 4.20. The Morgan fingerprint density at radius 1 is 0.818 bits per heavy atom. The van der Waals surface area contributed by atoms with Crippen LogP contribution >= 0.6 is 0 Å². The molecule has 0 spiro atoms. The molecule has 168 valence electrons. The smallest absolute Gasteiger partial charge is 0.289 e. The predicted molar refractivity (Wildman–Crippen MR) is 128 cm³/mol. The van der Waals surface area contributed by atoms with E-state index in [2.05, 4.69) is 9.62 Å². The molecule has 33 heavy (non-hydrogen) atoms. The molecule has 1 N–H and O–H groups in total. The number of nitrogens with one attached hydrogen (secondary N) is 1. The van der Waals surface area contributed by atoms with Crippen molar-refractivity contribution < 1.29 is 17.6 Å². The first-order chi connectivity index (χ1) is 16.0. The van der Waals surface area contributed by atoms with E-state index in [-0.39, 0.29) is 10.8 Å². The van der Waals surface area contributed by atoms with Gasteiger partial charge in [0.2, 0.25) is 0 Å². The topological polar surface area (TPSA) is 82.9 Å². The molecule has 1 aliphatic rings. The lowest BCUT2D eigenvalue weighted by atomic mass is 10.2. The third-order valence-electron chi connectivity index (χ3n) is 5.74. The van der Waals surface area contributed by atoms with E-state index in [9.17, 15) is 13.2 Å². The number of hydrogen-bond acceptors (Lipinski definition) is 5. The second-order valence-electron chi connectivity index (χ2n) is 7.89. The first-order valence-electron chi connectivity index (χ1n) is 10.7. The van der Waals surface area contributed by atoms with Crippen LogP contribution in [0.3, 0.4) is 0 Å². The summed E-state index contributed by atoms with van der Waals surface area (Å²) in [7, 11) is -3.62. The number of para-hydroxylation sites is 1. The van der Waals surface area contributed by atoms with Crippen molar-refractivity contribution in [1.82, 2.24) is 4.90 Å². The fraction of sp³-hybridized carbons (Fsp3) is 0.160. The van der Waals surface area contributed by atoms with Gasteiger partial charge in [-0.25, -0.2) is 8.42 Å². The van der Waals surface area contributed by atoms with Gasteiger partial charge in [-0.15, -0.1) is 0 Å². The van der Waals surface area contributed by atoms with Crippen molar-refractivity contribution >= 4 is 38.3 Å². The van der Waals surface area contributed by atoms with Crippen LogP contribution in [0.2, 0.25) is 0 Å². The standard InChI is InChI=1S/C25H23N3O4S/c29-25(24-18-19-6-4-5-9-23(19)32-24)28-16-14-27(15-17-28)21-12-10-20(11-13-21)26-33(30,31)22-7-2-1-3-8-22/h1-13,18,26H,14-17H2. The van der Waals surface area contributed by atoms with E-state index >= 15 is 0 Å². The molecule has 0 radical (unpaired) electrons. The van der Waals surface area contributed by atoms with Crippen LogP contribution in [0, 0.1) is 0 Å². The van der Waals surface area contributed by atoms with Crippen molar-refractivity contribution in [2.24, 2.45) is 0 Å². The maximum absolute atomic E-state index is 12.9. The zero-order valence-electron chi connectivity index (χ0n) is 17.8. The first kappa shape index (κ1) is 21.1. The third kappa shape index (κ3) is 4.42. The van der Waals surface area contributed by atoms with Gasteiger partial charge in [-0.05, 0) is 48.5 Å². The number of carbonyl (C=O) groups is 1. The van der Waals surface area contributed by atoms with Crippen molar-refractivity contribution in [3.05, 3.63) is 90.7 Å². The van der Waals surface area contributed by atoms with Crippen LogP contribution in [0.4, 0.5) is 11.4 Å². The zero-order valence-corrected chi connectivity index (χ0v) is 18.7. The number of fused-ring (bicyclic) bond motifs is 1. The number of piperazine rings is 1. The number of carbonyl (C=O) groups excluding carboxylic acids is 1. The molecule has 0 bridgehead atoms. The summed E-state index contributed by atoms with van der Waals surface area (Å²) in [4.78, 5) is 17.1. The van der Waals surface area contributed by atoms with Crippen molar-refractivity contribution in [3.8, 4) is 0 Å². The highest BCUT2D eigenvalue weighted by Crippen LogP contribution is 2.24. The van der Waals surface area contributed by atoms with Crippen LogP contribution in [-0.4, -0.2) is 45.4 Å². The summed E-state index contributed by atoms with van der Waals surface area (Å²) in [5.74, 6) is 0.260. The monoisotopic (exact) mass is 461 g/mol. The van der Waals surface area contributed by atoms with E-state index in [4.69, 9.17) is 4.42 Å². The van der Waals surface area contributed by atoms with Gasteiger partial charge in [0.1, 0.15) is 5.58 Å². The zero-order chi connectivity index (χ0) is 22.8. The molecule has 4 aromatic rings. The Hall–Kier alpha value is -3.78. The van der Waals surface area contributed by atoms with Crippen molar-refractivity contribution in [3.63, 3.8) is 0 Å². The summed E-state index contributed by atoms with van der Waals surface area (Å²) in [5, 5.41) is 0.919. The number of sulfonamides is 1. The number of nitrogens with zero attached hydrogens (tertiary/aromatic N) is 2. The Labute approximate surface area is 192 Å². The SMILES string of the molecule is O=C(c1cc2ccccc2o1)N1CCN(c2ccc(NS(=O)(=O)c3ccccc3)cc2)CC1. The molecule has 0 atom stereocenters. The number of rotatable bonds is 5. The molecule has 0 aliphatic carbocycles.